The van der Waals surface area contributed by atoms with E-state index < -0.39 is 0 Å². The third-order valence-corrected chi connectivity index (χ3v) is 4.82. The summed E-state index contributed by atoms with van der Waals surface area (Å²) in [6.45, 7) is 3.63. The molecule has 100 valence electrons. The largest absolute Gasteiger partial charge is 0.313 e. The van der Waals surface area contributed by atoms with Gasteiger partial charge in [0.15, 0.2) is 0 Å². The van der Waals surface area contributed by atoms with Crippen molar-refractivity contribution in [3.8, 4) is 0 Å². The molecule has 2 rings (SSSR count). The van der Waals surface area contributed by atoms with Gasteiger partial charge in [-0.3, -0.25) is 0 Å². The molecule has 0 bridgehead atoms. The number of hydrogen-bond acceptors (Lipinski definition) is 1. The fraction of sp³-hybridized carbons (Fsp3) is 1.00. The average Bonchev–Trinajstić information content (AvgIpc) is 3.18. The lowest BCUT2D eigenvalue weighted by atomic mass is 9.70. The first kappa shape index (κ1) is 13.4. The summed E-state index contributed by atoms with van der Waals surface area (Å²) in [5.74, 6) is 0. The van der Waals surface area contributed by atoms with E-state index in [2.05, 4.69) is 12.2 Å². The van der Waals surface area contributed by atoms with Crippen LogP contribution in [-0.2, 0) is 0 Å². The highest BCUT2D eigenvalue weighted by atomic mass is 15.0. The van der Waals surface area contributed by atoms with Gasteiger partial charge in [0, 0.05) is 12.6 Å². The van der Waals surface area contributed by atoms with Gasteiger partial charge in [-0.2, -0.15) is 0 Å². The van der Waals surface area contributed by atoms with Crippen molar-refractivity contribution in [3.63, 3.8) is 0 Å². The van der Waals surface area contributed by atoms with Crippen LogP contribution in [0.2, 0.25) is 0 Å². The molecule has 1 N–H and O–H groups in total. The van der Waals surface area contributed by atoms with E-state index in [1.54, 1.807) is 0 Å². The van der Waals surface area contributed by atoms with Crippen molar-refractivity contribution in [1.29, 1.82) is 0 Å². The van der Waals surface area contributed by atoms with Gasteiger partial charge < -0.3 is 5.32 Å². The lowest BCUT2D eigenvalue weighted by Crippen LogP contribution is -2.37. The van der Waals surface area contributed by atoms with Crippen LogP contribution in [0.15, 0.2) is 0 Å². The molecule has 0 amide bonds. The molecule has 2 aliphatic rings. The zero-order valence-electron chi connectivity index (χ0n) is 11.8. The summed E-state index contributed by atoms with van der Waals surface area (Å²) in [5, 5.41) is 3.81. The molecule has 0 aliphatic heterocycles. The van der Waals surface area contributed by atoms with Crippen molar-refractivity contribution < 1.29 is 0 Å². The highest BCUT2D eigenvalue weighted by molar-refractivity contribution is 4.89. The Morgan fingerprint density at radius 2 is 1.76 bits per heavy atom. The second kappa shape index (κ2) is 6.78. The van der Waals surface area contributed by atoms with Crippen molar-refractivity contribution in [2.45, 2.75) is 90.0 Å². The van der Waals surface area contributed by atoms with Gasteiger partial charge >= 0.3 is 0 Å². The second-order valence-electron chi connectivity index (χ2n) is 6.53. The first-order valence-electron chi connectivity index (χ1n) is 8.08. The third kappa shape index (κ3) is 4.62. The Morgan fingerprint density at radius 3 is 2.41 bits per heavy atom. The van der Waals surface area contributed by atoms with Crippen molar-refractivity contribution in [2.75, 3.05) is 6.54 Å². The molecule has 0 aromatic carbocycles. The maximum absolute atomic E-state index is 3.81. The van der Waals surface area contributed by atoms with E-state index in [4.69, 9.17) is 0 Å². The Balaban J connectivity index is 1.73. The van der Waals surface area contributed by atoms with E-state index in [1.165, 1.54) is 83.6 Å². The zero-order valence-corrected chi connectivity index (χ0v) is 11.8. The number of unbranched alkanes of at least 4 members (excludes halogenated alkanes) is 3. The van der Waals surface area contributed by atoms with Crippen LogP contribution in [0.25, 0.3) is 0 Å². The average molecular weight is 237 g/mol. The summed E-state index contributed by atoms with van der Waals surface area (Å²) in [5.41, 5.74) is 0.689. The Labute approximate surface area is 108 Å². The Kier molecular flexibility index (Phi) is 5.34. The van der Waals surface area contributed by atoms with Crippen LogP contribution >= 0.6 is 0 Å². The molecule has 0 saturated heterocycles. The fourth-order valence-electron chi connectivity index (χ4n) is 3.39. The number of nitrogens with one attached hydrogen (secondary N) is 1. The maximum atomic E-state index is 3.81. The molecule has 0 aromatic rings. The van der Waals surface area contributed by atoms with Gasteiger partial charge in [-0.25, -0.2) is 0 Å². The van der Waals surface area contributed by atoms with Gasteiger partial charge in [-0.1, -0.05) is 51.9 Å². The predicted molar refractivity (Wildman–Crippen MR) is 75.3 cm³/mol. The highest BCUT2D eigenvalue weighted by Crippen LogP contribution is 2.40. The van der Waals surface area contributed by atoms with Gasteiger partial charge in [0.1, 0.15) is 0 Å². The predicted octanol–water partition coefficient (Wildman–Crippen LogP) is 4.66. The van der Waals surface area contributed by atoms with Crippen LogP contribution in [0.5, 0.6) is 0 Å². The maximum Gasteiger partial charge on any atom is 0.00684 e. The Hall–Kier alpha value is -0.0400. The first-order valence-corrected chi connectivity index (χ1v) is 8.08. The van der Waals surface area contributed by atoms with Crippen molar-refractivity contribution in [2.24, 2.45) is 5.41 Å². The van der Waals surface area contributed by atoms with Crippen molar-refractivity contribution in [1.82, 2.24) is 5.32 Å². The van der Waals surface area contributed by atoms with Gasteiger partial charge in [-0.05, 0) is 37.5 Å². The van der Waals surface area contributed by atoms with Gasteiger partial charge in [0.05, 0.1) is 0 Å². The van der Waals surface area contributed by atoms with Crippen LogP contribution in [0.4, 0.5) is 0 Å². The summed E-state index contributed by atoms with van der Waals surface area (Å²) in [7, 11) is 0. The smallest absolute Gasteiger partial charge is 0.00684 e. The number of rotatable bonds is 8. The van der Waals surface area contributed by atoms with Crippen molar-refractivity contribution in [3.05, 3.63) is 0 Å². The molecule has 2 aliphatic carbocycles. The van der Waals surface area contributed by atoms with E-state index in [0.29, 0.717) is 5.41 Å². The molecule has 2 fully saturated rings. The van der Waals surface area contributed by atoms with Crippen LogP contribution in [0.1, 0.15) is 84.0 Å². The summed E-state index contributed by atoms with van der Waals surface area (Å²) < 4.78 is 0. The zero-order chi connectivity index (χ0) is 12.0. The molecule has 0 atom stereocenters. The van der Waals surface area contributed by atoms with E-state index in [1.807, 2.05) is 0 Å². The molecule has 2 saturated carbocycles. The summed E-state index contributed by atoms with van der Waals surface area (Å²) in [4.78, 5) is 0. The first-order chi connectivity index (χ1) is 8.35. The Morgan fingerprint density at radius 1 is 1.00 bits per heavy atom. The van der Waals surface area contributed by atoms with E-state index in [9.17, 15) is 0 Å². The van der Waals surface area contributed by atoms with Crippen LogP contribution < -0.4 is 5.32 Å². The highest BCUT2D eigenvalue weighted by Gasteiger charge is 2.33. The standard InChI is InChI=1S/C16H31N/c1-2-3-4-6-11-16(12-7-5-8-13-16)14-17-15-9-10-15/h15,17H,2-14H2,1H3. The van der Waals surface area contributed by atoms with Crippen LogP contribution in [-0.4, -0.2) is 12.6 Å². The monoisotopic (exact) mass is 237 g/mol. The molecule has 0 heterocycles. The molecule has 0 radical (unpaired) electrons. The Bertz CT molecular complexity index is 202. The van der Waals surface area contributed by atoms with E-state index >= 15 is 0 Å². The molecule has 0 unspecified atom stereocenters. The van der Waals surface area contributed by atoms with Crippen LogP contribution in [0, 0.1) is 5.41 Å². The number of hydrogen-bond donors (Lipinski definition) is 1. The van der Waals surface area contributed by atoms with Gasteiger partial charge in [0.25, 0.3) is 0 Å². The molecule has 1 nitrogen and oxygen atoms in total. The molecule has 1 heteroatoms. The SMILES string of the molecule is CCCCCCC1(CNC2CC2)CCCCC1. The topological polar surface area (TPSA) is 12.0 Å². The minimum absolute atomic E-state index is 0.689. The van der Waals surface area contributed by atoms with E-state index in [0.717, 1.165) is 6.04 Å². The minimum Gasteiger partial charge on any atom is -0.313 e. The summed E-state index contributed by atoms with van der Waals surface area (Å²) >= 11 is 0. The van der Waals surface area contributed by atoms with Crippen LogP contribution in [0.3, 0.4) is 0 Å². The molecule has 17 heavy (non-hydrogen) atoms. The lowest BCUT2D eigenvalue weighted by molar-refractivity contribution is 0.160. The summed E-state index contributed by atoms with van der Waals surface area (Å²) in [6, 6.07) is 0.893. The van der Waals surface area contributed by atoms with Crippen molar-refractivity contribution >= 4 is 0 Å². The molecule has 0 spiro atoms. The molecule has 0 aromatic heterocycles. The van der Waals surface area contributed by atoms with Gasteiger partial charge in [0.2, 0.25) is 0 Å². The second-order valence-corrected chi connectivity index (χ2v) is 6.53. The van der Waals surface area contributed by atoms with E-state index in [-0.39, 0.29) is 0 Å². The fourth-order valence-corrected chi connectivity index (χ4v) is 3.39. The molecular formula is C16H31N. The quantitative estimate of drug-likeness (QED) is 0.605. The third-order valence-electron chi connectivity index (χ3n) is 4.82. The minimum atomic E-state index is 0.689. The van der Waals surface area contributed by atoms with Gasteiger partial charge in [-0.15, -0.1) is 0 Å². The molecular weight excluding hydrogens is 206 g/mol. The lowest BCUT2D eigenvalue weighted by Gasteiger charge is -2.38. The normalized spacial score (nSPS) is 23.8. The summed E-state index contributed by atoms with van der Waals surface area (Å²) in [6.07, 6.45) is 17.6.